The van der Waals surface area contributed by atoms with Crippen molar-refractivity contribution in [1.29, 1.82) is 0 Å². The SMILES string of the molecule is CCOc1ccc(-n2cncc2C2CNC2)cn1. The average molecular weight is 244 g/mol. The van der Waals surface area contributed by atoms with Gasteiger partial charge in [0.05, 0.1) is 24.8 Å². The zero-order valence-corrected chi connectivity index (χ0v) is 10.3. The number of hydrogen-bond acceptors (Lipinski definition) is 4. The fourth-order valence-corrected chi connectivity index (χ4v) is 2.07. The molecule has 1 N–H and O–H groups in total. The first-order chi connectivity index (χ1) is 8.88. The Balaban J connectivity index is 1.87. The van der Waals surface area contributed by atoms with E-state index in [9.17, 15) is 0 Å². The van der Waals surface area contributed by atoms with Gasteiger partial charge in [-0.05, 0) is 13.0 Å². The molecule has 3 heterocycles. The second-order valence-electron chi connectivity index (χ2n) is 4.33. The highest BCUT2D eigenvalue weighted by molar-refractivity contribution is 5.34. The summed E-state index contributed by atoms with van der Waals surface area (Å²) < 4.78 is 7.43. The summed E-state index contributed by atoms with van der Waals surface area (Å²) in [5.74, 6) is 1.22. The third kappa shape index (κ3) is 1.97. The summed E-state index contributed by atoms with van der Waals surface area (Å²) in [6.07, 6.45) is 5.59. The molecule has 94 valence electrons. The molecule has 2 aromatic rings. The Kier molecular flexibility index (Phi) is 2.98. The smallest absolute Gasteiger partial charge is 0.213 e. The first-order valence-electron chi connectivity index (χ1n) is 6.20. The van der Waals surface area contributed by atoms with E-state index in [1.54, 1.807) is 0 Å². The Morgan fingerprint density at radius 2 is 2.28 bits per heavy atom. The Morgan fingerprint density at radius 1 is 1.39 bits per heavy atom. The summed E-state index contributed by atoms with van der Waals surface area (Å²) in [4.78, 5) is 8.52. The maximum absolute atomic E-state index is 5.34. The van der Waals surface area contributed by atoms with Crippen molar-refractivity contribution in [2.24, 2.45) is 0 Å². The van der Waals surface area contributed by atoms with Crippen LogP contribution in [-0.4, -0.2) is 34.2 Å². The van der Waals surface area contributed by atoms with Crippen LogP contribution in [0.1, 0.15) is 18.5 Å². The number of pyridine rings is 1. The molecule has 0 radical (unpaired) electrons. The van der Waals surface area contributed by atoms with E-state index in [1.165, 1.54) is 5.69 Å². The molecule has 3 rings (SSSR count). The molecule has 0 saturated carbocycles. The Bertz CT molecular complexity index is 516. The Labute approximate surface area is 106 Å². The maximum Gasteiger partial charge on any atom is 0.213 e. The van der Waals surface area contributed by atoms with Crippen LogP contribution in [0.4, 0.5) is 0 Å². The normalized spacial score (nSPS) is 15.4. The first-order valence-corrected chi connectivity index (χ1v) is 6.20. The van der Waals surface area contributed by atoms with E-state index in [1.807, 2.05) is 37.8 Å². The summed E-state index contributed by atoms with van der Waals surface area (Å²) in [6.45, 7) is 4.63. The van der Waals surface area contributed by atoms with Crippen LogP contribution in [0.15, 0.2) is 30.9 Å². The van der Waals surface area contributed by atoms with Crippen LogP contribution < -0.4 is 10.1 Å². The van der Waals surface area contributed by atoms with Crippen molar-refractivity contribution in [2.75, 3.05) is 19.7 Å². The lowest BCUT2D eigenvalue weighted by Crippen LogP contribution is -2.40. The van der Waals surface area contributed by atoms with Gasteiger partial charge in [-0.1, -0.05) is 0 Å². The van der Waals surface area contributed by atoms with E-state index in [0.29, 0.717) is 18.4 Å². The van der Waals surface area contributed by atoms with Gasteiger partial charge in [-0.3, -0.25) is 0 Å². The number of nitrogens with one attached hydrogen (secondary N) is 1. The second-order valence-corrected chi connectivity index (χ2v) is 4.33. The van der Waals surface area contributed by atoms with Crippen LogP contribution in [0.2, 0.25) is 0 Å². The van der Waals surface area contributed by atoms with Crippen molar-refractivity contribution in [2.45, 2.75) is 12.8 Å². The zero-order valence-electron chi connectivity index (χ0n) is 10.3. The summed E-state index contributed by atoms with van der Waals surface area (Å²) in [5, 5.41) is 3.28. The van der Waals surface area contributed by atoms with Gasteiger partial charge < -0.3 is 14.6 Å². The Hall–Kier alpha value is -1.88. The van der Waals surface area contributed by atoms with E-state index < -0.39 is 0 Å². The van der Waals surface area contributed by atoms with E-state index in [-0.39, 0.29) is 0 Å². The fraction of sp³-hybridized carbons (Fsp3) is 0.385. The van der Waals surface area contributed by atoms with E-state index >= 15 is 0 Å². The van der Waals surface area contributed by atoms with Gasteiger partial charge in [0.15, 0.2) is 0 Å². The minimum Gasteiger partial charge on any atom is -0.478 e. The maximum atomic E-state index is 5.34. The van der Waals surface area contributed by atoms with Crippen LogP contribution in [0.25, 0.3) is 5.69 Å². The lowest BCUT2D eigenvalue weighted by atomic mass is 10.00. The van der Waals surface area contributed by atoms with Gasteiger partial charge in [-0.25, -0.2) is 9.97 Å². The van der Waals surface area contributed by atoms with Crippen molar-refractivity contribution in [3.05, 3.63) is 36.5 Å². The topological polar surface area (TPSA) is 52.0 Å². The molecule has 0 aliphatic carbocycles. The largest absolute Gasteiger partial charge is 0.478 e. The van der Waals surface area contributed by atoms with Crippen LogP contribution in [0.3, 0.4) is 0 Å². The average Bonchev–Trinajstić information content (AvgIpc) is 2.77. The third-order valence-corrected chi connectivity index (χ3v) is 3.16. The number of ether oxygens (including phenoxy) is 1. The molecule has 0 spiro atoms. The fourth-order valence-electron chi connectivity index (χ4n) is 2.07. The minimum atomic E-state index is 0.555. The molecule has 0 aromatic carbocycles. The summed E-state index contributed by atoms with van der Waals surface area (Å²) >= 11 is 0. The molecule has 0 unspecified atom stereocenters. The monoisotopic (exact) mass is 244 g/mol. The number of aromatic nitrogens is 3. The first kappa shape index (κ1) is 11.2. The van der Waals surface area contributed by atoms with Crippen LogP contribution in [0.5, 0.6) is 5.88 Å². The van der Waals surface area contributed by atoms with Crippen LogP contribution >= 0.6 is 0 Å². The van der Waals surface area contributed by atoms with Gasteiger partial charge >= 0.3 is 0 Å². The molecule has 1 fully saturated rings. The predicted molar refractivity (Wildman–Crippen MR) is 68.1 cm³/mol. The van der Waals surface area contributed by atoms with E-state index in [2.05, 4.69) is 19.9 Å². The van der Waals surface area contributed by atoms with Crippen molar-refractivity contribution in [1.82, 2.24) is 19.9 Å². The highest BCUT2D eigenvalue weighted by atomic mass is 16.5. The minimum absolute atomic E-state index is 0.555. The number of hydrogen-bond donors (Lipinski definition) is 1. The molecule has 0 bridgehead atoms. The van der Waals surface area contributed by atoms with Gasteiger partial charge in [-0.15, -0.1) is 0 Å². The Morgan fingerprint density at radius 3 is 2.89 bits per heavy atom. The number of rotatable bonds is 4. The summed E-state index contributed by atoms with van der Waals surface area (Å²) in [6, 6.07) is 3.90. The molecule has 18 heavy (non-hydrogen) atoms. The lowest BCUT2D eigenvalue weighted by Gasteiger charge is -2.27. The van der Waals surface area contributed by atoms with Gasteiger partial charge in [-0.2, -0.15) is 0 Å². The standard InChI is InChI=1S/C13H16N4O/c1-2-18-13-4-3-11(7-16-13)17-9-15-8-12(17)10-5-14-6-10/h3-4,7-10,14H,2,5-6H2,1H3. The molecular formula is C13H16N4O. The van der Waals surface area contributed by atoms with Crippen LogP contribution in [-0.2, 0) is 0 Å². The number of imidazole rings is 1. The lowest BCUT2D eigenvalue weighted by molar-refractivity contribution is 0.327. The van der Waals surface area contributed by atoms with Crippen molar-refractivity contribution in [3.8, 4) is 11.6 Å². The highest BCUT2D eigenvalue weighted by Gasteiger charge is 2.22. The molecule has 0 amide bonds. The van der Waals surface area contributed by atoms with Gasteiger partial charge in [0, 0.05) is 37.0 Å². The van der Waals surface area contributed by atoms with Crippen molar-refractivity contribution >= 4 is 0 Å². The molecule has 1 aliphatic rings. The molecule has 1 aliphatic heterocycles. The molecule has 5 nitrogen and oxygen atoms in total. The molecule has 2 aromatic heterocycles. The highest BCUT2D eigenvalue weighted by Crippen LogP contribution is 2.22. The number of nitrogens with zero attached hydrogens (tertiary/aromatic N) is 3. The summed E-state index contributed by atoms with van der Waals surface area (Å²) in [7, 11) is 0. The molecule has 0 atom stereocenters. The molecule has 1 saturated heterocycles. The molecular weight excluding hydrogens is 228 g/mol. The van der Waals surface area contributed by atoms with Crippen molar-refractivity contribution in [3.63, 3.8) is 0 Å². The molecule has 5 heteroatoms. The van der Waals surface area contributed by atoms with E-state index in [4.69, 9.17) is 4.74 Å². The van der Waals surface area contributed by atoms with Crippen molar-refractivity contribution < 1.29 is 4.74 Å². The van der Waals surface area contributed by atoms with E-state index in [0.717, 1.165) is 18.8 Å². The predicted octanol–water partition coefficient (Wildman–Crippen LogP) is 1.35. The van der Waals surface area contributed by atoms with Gasteiger partial charge in [0.1, 0.15) is 0 Å². The van der Waals surface area contributed by atoms with Gasteiger partial charge in [0.25, 0.3) is 0 Å². The summed E-state index contributed by atoms with van der Waals surface area (Å²) in [5.41, 5.74) is 2.26. The third-order valence-electron chi connectivity index (χ3n) is 3.16. The zero-order chi connectivity index (χ0) is 12.4. The van der Waals surface area contributed by atoms with Crippen LogP contribution in [0, 0.1) is 0 Å². The van der Waals surface area contributed by atoms with Gasteiger partial charge in [0.2, 0.25) is 5.88 Å². The quantitative estimate of drug-likeness (QED) is 0.882. The second kappa shape index (κ2) is 4.78.